The van der Waals surface area contributed by atoms with Crippen molar-refractivity contribution in [3.05, 3.63) is 54.4 Å². The molecule has 3 aromatic rings. The quantitative estimate of drug-likeness (QED) is 0.568. The number of aromatic nitrogens is 2. The number of methoxy groups -OCH3 is 1. The summed E-state index contributed by atoms with van der Waals surface area (Å²) in [5, 5.41) is 9.77. The zero-order valence-corrected chi connectivity index (χ0v) is 18.7. The van der Waals surface area contributed by atoms with Gasteiger partial charge in [-0.3, -0.25) is 14.5 Å². The van der Waals surface area contributed by atoms with E-state index in [1.165, 1.54) is 6.92 Å². The van der Waals surface area contributed by atoms with E-state index in [1.807, 2.05) is 30.3 Å². The average molecular weight is 450 g/mol. The van der Waals surface area contributed by atoms with Crippen LogP contribution in [0.2, 0.25) is 0 Å². The van der Waals surface area contributed by atoms with Crippen LogP contribution < -0.4 is 15.4 Å². The minimum absolute atomic E-state index is 0.0378. The van der Waals surface area contributed by atoms with E-state index in [4.69, 9.17) is 9.26 Å². The molecule has 1 aliphatic rings. The molecule has 1 aliphatic heterocycles. The van der Waals surface area contributed by atoms with E-state index < -0.39 is 0 Å². The van der Waals surface area contributed by atoms with Gasteiger partial charge in [-0.25, -0.2) is 0 Å². The minimum Gasteiger partial charge on any atom is -0.497 e. The Morgan fingerprint density at radius 1 is 1.15 bits per heavy atom. The van der Waals surface area contributed by atoms with Crippen LogP contribution in [0, 0.1) is 5.92 Å². The van der Waals surface area contributed by atoms with Gasteiger partial charge in [-0.05, 0) is 61.9 Å². The maximum absolute atomic E-state index is 12.9. The Kier molecular flexibility index (Phi) is 6.99. The van der Waals surface area contributed by atoms with Crippen molar-refractivity contribution in [3.8, 4) is 17.1 Å². The highest BCUT2D eigenvalue weighted by molar-refractivity contribution is 5.94. The first-order valence-corrected chi connectivity index (χ1v) is 10.9. The molecule has 2 N–H and O–H groups in total. The number of anilines is 2. The normalized spacial score (nSPS) is 16.2. The van der Waals surface area contributed by atoms with E-state index in [9.17, 15) is 9.59 Å². The third-order valence-corrected chi connectivity index (χ3v) is 5.50. The number of hydrogen-bond acceptors (Lipinski definition) is 7. The molecule has 33 heavy (non-hydrogen) atoms. The van der Waals surface area contributed by atoms with Gasteiger partial charge in [0.15, 0.2) is 0 Å². The smallest absolute Gasteiger partial charge is 0.241 e. The summed E-state index contributed by atoms with van der Waals surface area (Å²) >= 11 is 0. The number of nitrogens with zero attached hydrogens (tertiary/aromatic N) is 3. The Balaban J connectivity index is 1.34. The molecule has 2 amide bonds. The first kappa shape index (κ1) is 22.5. The Hall–Kier alpha value is -3.72. The molecule has 1 saturated heterocycles. The summed E-state index contributed by atoms with van der Waals surface area (Å²) in [6.07, 6.45) is 1.72. The van der Waals surface area contributed by atoms with E-state index in [2.05, 4.69) is 25.7 Å². The fourth-order valence-corrected chi connectivity index (χ4v) is 3.90. The maximum atomic E-state index is 12.9. The summed E-state index contributed by atoms with van der Waals surface area (Å²) in [4.78, 5) is 30.8. The predicted molar refractivity (Wildman–Crippen MR) is 124 cm³/mol. The monoisotopic (exact) mass is 449 g/mol. The van der Waals surface area contributed by atoms with Crippen molar-refractivity contribution in [2.75, 3.05) is 30.8 Å². The average Bonchev–Trinajstić information content (AvgIpc) is 3.27. The highest BCUT2D eigenvalue weighted by Crippen LogP contribution is 2.23. The SMILES string of the molecule is COc1ccc(-c2noc(CN3CCCC(C(=O)Nc4cccc(NC(C)=O)c4)C3)n2)cc1. The summed E-state index contributed by atoms with van der Waals surface area (Å²) in [5.41, 5.74) is 2.15. The summed E-state index contributed by atoms with van der Waals surface area (Å²) in [6, 6.07) is 14.6. The number of carbonyl (C=O) groups excluding carboxylic acids is 2. The van der Waals surface area contributed by atoms with Crippen LogP contribution in [-0.4, -0.2) is 47.1 Å². The number of ether oxygens (including phenoxy) is 1. The van der Waals surface area contributed by atoms with Crippen molar-refractivity contribution in [2.45, 2.75) is 26.3 Å². The van der Waals surface area contributed by atoms with Gasteiger partial charge >= 0.3 is 0 Å². The van der Waals surface area contributed by atoms with E-state index in [0.717, 1.165) is 30.7 Å². The molecule has 1 atom stereocenters. The van der Waals surface area contributed by atoms with Gasteiger partial charge in [-0.2, -0.15) is 4.98 Å². The molecule has 0 spiro atoms. The van der Waals surface area contributed by atoms with Crippen molar-refractivity contribution in [1.29, 1.82) is 0 Å². The first-order chi connectivity index (χ1) is 16.0. The Labute approximate surface area is 192 Å². The number of hydrogen-bond donors (Lipinski definition) is 2. The van der Waals surface area contributed by atoms with Crippen LogP contribution in [0.1, 0.15) is 25.7 Å². The molecule has 9 nitrogen and oxygen atoms in total. The highest BCUT2D eigenvalue weighted by atomic mass is 16.5. The van der Waals surface area contributed by atoms with Crippen LogP contribution in [0.5, 0.6) is 5.75 Å². The molecule has 9 heteroatoms. The molecule has 172 valence electrons. The molecule has 2 aromatic carbocycles. The molecular formula is C24H27N5O4. The zero-order chi connectivity index (χ0) is 23.2. The van der Waals surface area contributed by atoms with E-state index in [1.54, 1.807) is 25.3 Å². The number of rotatable bonds is 7. The summed E-state index contributed by atoms with van der Waals surface area (Å²) < 4.78 is 10.6. The summed E-state index contributed by atoms with van der Waals surface area (Å²) in [6.45, 7) is 3.41. The van der Waals surface area contributed by atoms with E-state index >= 15 is 0 Å². The Morgan fingerprint density at radius 3 is 2.64 bits per heavy atom. The van der Waals surface area contributed by atoms with E-state index in [-0.39, 0.29) is 17.7 Å². The fourth-order valence-electron chi connectivity index (χ4n) is 3.90. The molecule has 1 fully saturated rings. The molecule has 4 rings (SSSR count). The van der Waals surface area contributed by atoms with Gasteiger partial charge in [-0.15, -0.1) is 0 Å². The molecule has 0 bridgehead atoms. The van der Waals surface area contributed by atoms with Crippen LogP contribution in [0.4, 0.5) is 11.4 Å². The molecule has 0 radical (unpaired) electrons. The van der Waals surface area contributed by atoms with Crippen molar-refractivity contribution in [3.63, 3.8) is 0 Å². The van der Waals surface area contributed by atoms with Crippen LogP contribution >= 0.6 is 0 Å². The van der Waals surface area contributed by atoms with Crippen LogP contribution in [0.15, 0.2) is 53.1 Å². The number of nitrogens with one attached hydrogen (secondary N) is 2. The lowest BCUT2D eigenvalue weighted by Crippen LogP contribution is -2.40. The Bertz CT molecular complexity index is 1110. The van der Waals surface area contributed by atoms with Crippen LogP contribution in [0.3, 0.4) is 0 Å². The highest BCUT2D eigenvalue weighted by Gasteiger charge is 2.27. The van der Waals surface area contributed by atoms with Crippen molar-refractivity contribution < 1.29 is 18.8 Å². The van der Waals surface area contributed by atoms with Gasteiger partial charge in [0.2, 0.25) is 23.5 Å². The first-order valence-electron chi connectivity index (χ1n) is 10.9. The molecule has 2 heterocycles. The van der Waals surface area contributed by atoms with E-state index in [0.29, 0.717) is 36.2 Å². The number of amides is 2. The number of benzene rings is 2. The van der Waals surface area contributed by atoms with Gasteiger partial charge in [0.05, 0.1) is 19.6 Å². The van der Waals surface area contributed by atoms with Gasteiger partial charge in [0, 0.05) is 30.4 Å². The van der Waals surface area contributed by atoms with Gasteiger partial charge in [0.25, 0.3) is 0 Å². The zero-order valence-electron chi connectivity index (χ0n) is 18.7. The summed E-state index contributed by atoms with van der Waals surface area (Å²) in [5.74, 6) is 1.47. The number of likely N-dealkylation sites (tertiary alicyclic amines) is 1. The molecule has 1 unspecified atom stereocenters. The van der Waals surface area contributed by atoms with Gasteiger partial charge in [-0.1, -0.05) is 11.2 Å². The second kappa shape index (κ2) is 10.3. The third-order valence-electron chi connectivity index (χ3n) is 5.50. The largest absolute Gasteiger partial charge is 0.497 e. The summed E-state index contributed by atoms with van der Waals surface area (Å²) in [7, 11) is 1.62. The lowest BCUT2D eigenvalue weighted by atomic mass is 9.97. The van der Waals surface area contributed by atoms with Crippen molar-refractivity contribution in [2.24, 2.45) is 5.92 Å². The van der Waals surface area contributed by atoms with Gasteiger partial charge < -0.3 is 19.9 Å². The number of piperidine rings is 1. The standard InChI is InChI=1S/C24H27N5O4/c1-16(30)25-19-6-3-7-20(13-19)26-24(31)18-5-4-12-29(14-18)15-22-27-23(28-33-22)17-8-10-21(32-2)11-9-17/h3,6-11,13,18H,4-5,12,14-15H2,1-2H3,(H,25,30)(H,26,31). The topological polar surface area (TPSA) is 110 Å². The molecular weight excluding hydrogens is 422 g/mol. The second-order valence-electron chi connectivity index (χ2n) is 8.07. The second-order valence-corrected chi connectivity index (χ2v) is 8.07. The van der Waals surface area contributed by atoms with Gasteiger partial charge in [0.1, 0.15) is 5.75 Å². The molecule has 0 aliphatic carbocycles. The third kappa shape index (κ3) is 5.95. The lowest BCUT2D eigenvalue weighted by Gasteiger charge is -2.30. The maximum Gasteiger partial charge on any atom is 0.241 e. The van der Waals surface area contributed by atoms with Crippen LogP contribution in [-0.2, 0) is 16.1 Å². The molecule has 0 saturated carbocycles. The predicted octanol–water partition coefficient (Wildman–Crippen LogP) is 3.55. The fraction of sp³-hybridized carbons (Fsp3) is 0.333. The van der Waals surface area contributed by atoms with Crippen LogP contribution in [0.25, 0.3) is 11.4 Å². The Morgan fingerprint density at radius 2 is 1.91 bits per heavy atom. The van der Waals surface area contributed by atoms with Crippen molar-refractivity contribution in [1.82, 2.24) is 15.0 Å². The van der Waals surface area contributed by atoms with Crippen molar-refractivity contribution >= 4 is 23.2 Å². The number of carbonyl (C=O) groups is 2. The molecule has 1 aromatic heterocycles. The minimum atomic E-state index is -0.155. The lowest BCUT2D eigenvalue weighted by molar-refractivity contribution is -0.121.